The monoisotopic (exact) mass is 388 g/mol. The van der Waals surface area contributed by atoms with Crippen molar-refractivity contribution in [1.29, 1.82) is 0 Å². The van der Waals surface area contributed by atoms with Gasteiger partial charge < -0.3 is 5.32 Å². The normalized spacial score (nSPS) is 19.7. The lowest BCUT2D eigenvalue weighted by atomic mass is 9.98. The Labute approximate surface area is 161 Å². The minimum Gasteiger partial charge on any atom is -0.353 e. The maximum atomic E-state index is 13.1. The Morgan fingerprint density at radius 1 is 1.22 bits per heavy atom. The highest BCUT2D eigenvalue weighted by atomic mass is 32.2. The van der Waals surface area contributed by atoms with Crippen LogP contribution in [-0.4, -0.2) is 37.8 Å². The molecule has 0 spiro atoms. The number of hydrogen-bond donors (Lipinski definition) is 1. The lowest BCUT2D eigenvalue weighted by Gasteiger charge is -2.32. The zero-order chi connectivity index (χ0) is 19.4. The van der Waals surface area contributed by atoms with Crippen LogP contribution >= 0.6 is 0 Å². The fourth-order valence-corrected chi connectivity index (χ4v) is 5.28. The third-order valence-electron chi connectivity index (χ3n) is 5.22. The molecule has 2 atom stereocenters. The fraction of sp³-hybridized carbons (Fsp3) is 0.476. The van der Waals surface area contributed by atoms with Gasteiger partial charge in [-0.05, 0) is 49.1 Å². The first-order valence-electron chi connectivity index (χ1n) is 9.71. The summed E-state index contributed by atoms with van der Waals surface area (Å²) in [5, 5.41) is 4.94. The maximum Gasteiger partial charge on any atom is 0.243 e. The lowest BCUT2D eigenvalue weighted by molar-refractivity contribution is -0.126. The van der Waals surface area contributed by atoms with Gasteiger partial charge in [-0.15, -0.1) is 0 Å². The second kappa shape index (κ2) is 8.40. The smallest absolute Gasteiger partial charge is 0.243 e. The molecule has 0 aliphatic carbocycles. The van der Waals surface area contributed by atoms with Crippen molar-refractivity contribution in [3.8, 4) is 0 Å². The first-order chi connectivity index (χ1) is 12.9. The molecule has 1 aliphatic rings. The molecule has 0 radical (unpaired) electrons. The summed E-state index contributed by atoms with van der Waals surface area (Å²) >= 11 is 0. The number of hydrogen-bond acceptors (Lipinski definition) is 3. The van der Waals surface area contributed by atoms with E-state index in [1.165, 1.54) is 4.31 Å². The maximum absolute atomic E-state index is 13.1. The molecule has 1 amide bonds. The van der Waals surface area contributed by atoms with E-state index in [9.17, 15) is 13.2 Å². The third kappa shape index (κ3) is 4.50. The largest absolute Gasteiger partial charge is 0.353 e. The van der Waals surface area contributed by atoms with E-state index >= 15 is 0 Å². The molecule has 6 heteroatoms. The minimum absolute atomic E-state index is 0.0330. The number of carbonyl (C=O) groups excluding carboxylic acids is 1. The Morgan fingerprint density at radius 2 is 1.96 bits per heavy atom. The number of rotatable bonds is 6. The number of carbonyl (C=O) groups is 1. The van der Waals surface area contributed by atoms with Gasteiger partial charge in [0, 0.05) is 19.1 Å². The van der Waals surface area contributed by atoms with Crippen molar-refractivity contribution < 1.29 is 13.2 Å². The summed E-state index contributed by atoms with van der Waals surface area (Å²) in [4.78, 5) is 12.8. The van der Waals surface area contributed by atoms with Gasteiger partial charge in [0.1, 0.15) is 0 Å². The summed E-state index contributed by atoms with van der Waals surface area (Å²) in [6.07, 6.45) is 3.37. The molecule has 0 unspecified atom stereocenters. The molecule has 1 fully saturated rings. The number of fused-ring (bicyclic) bond motifs is 1. The number of piperidine rings is 1. The van der Waals surface area contributed by atoms with Gasteiger partial charge in [-0.2, -0.15) is 4.31 Å². The van der Waals surface area contributed by atoms with Gasteiger partial charge in [-0.1, -0.05) is 43.7 Å². The highest BCUT2D eigenvalue weighted by Gasteiger charge is 2.33. The third-order valence-corrected chi connectivity index (χ3v) is 7.09. The average Bonchev–Trinajstić information content (AvgIpc) is 2.67. The molecule has 0 aromatic heterocycles. The van der Waals surface area contributed by atoms with Gasteiger partial charge in [-0.3, -0.25) is 4.79 Å². The van der Waals surface area contributed by atoms with Crippen LogP contribution in [0.15, 0.2) is 47.4 Å². The Hall–Kier alpha value is -1.92. The van der Waals surface area contributed by atoms with Gasteiger partial charge in [0.2, 0.25) is 15.9 Å². The first kappa shape index (κ1) is 19.8. The molecule has 1 saturated heterocycles. The predicted octanol–water partition coefficient (Wildman–Crippen LogP) is 3.55. The zero-order valence-corrected chi connectivity index (χ0v) is 16.8. The van der Waals surface area contributed by atoms with E-state index in [0.717, 1.165) is 30.0 Å². The highest BCUT2D eigenvalue weighted by molar-refractivity contribution is 7.89. The molecular weight excluding hydrogens is 360 g/mol. The van der Waals surface area contributed by atoms with E-state index in [4.69, 9.17) is 0 Å². The summed E-state index contributed by atoms with van der Waals surface area (Å²) in [7, 11) is -3.61. The predicted molar refractivity (Wildman–Crippen MR) is 108 cm³/mol. The number of amides is 1. The van der Waals surface area contributed by atoms with Gasteiger partial charge in [0.15, 0.2) is 0 Å². The van der Waals surface area contributed by atoms with Crippen LogP contribution in [0.2, 0.25) is 0 Å². The van der Waals surface area contributed by atoms with Crippen molar-refractivity contribution in [2.75, 3.05) is 13.1 Å². The van der Waals surface area contributed by atoms with Gasteiger partial charge in [0.25, 0.3) is 0 Å². The van der Waals surface area contributed by atoms with Crippen LogP contribution in [0, 0.1) is 5.92 Å². The summed E-state index contributed by atoms with van der Waals surface area (Å²) in [6.45, 7) is 4.79. The second-order valence-corrected chi connectivity index (χ2v) is 9.35. The lowest BCUT2D eigenvalue weighted by Crippen LogP contribution is -2.47. The van der Waals surface area contributed by atoms with E-state index in [1.807, 2.05) is 37.3 Å². The van der Waals surface area contributed by atoms with Crippen molar-refractivity contribution >= 4 is 26.7 Å². The molecule has 3 rings (SSSR count). The van der Waals surface area contributed by atoms with Crippen LogP contribution < -0.4 is 5.32 Å². The molecule has 146 valence electrons. The zero-order valence-electron chi connectivity index (χ0n) is 16.0. The van der Waals surface area contributed by atoms with E-state index in [-0.39, 0.29) is 24.4 Å². The Bertz CT molecular complexity index is 911. The SMILES string of the molecule is CCC[C@@H](C)NC(=O)[C@H]1CCCN(S(=O)(=O)c2ccc3ccccc3c2)C1. The molecule has 1 N–H and O–H groups in total. The summed E-state index contributed by atoms with van der Waals surface area (Å²) in [6, 6.07) is 13.0. The standard InChI is InChI=1S/C21H28N2O3S/c1-3-7-16(2)22-21(24)19-10-6-13-23(15-19)27(25,26)20-12-11-17-8-4-5-9-18(17)14-20/h4-5,8-9,11-12,14,16,19H,3,6-7,10,13,15H2,1-2H3,(H,22,24)/t16-,19+/m1/s1. The minimum atomic E-state index is -3.61. The van der Waals surface area contributed by atoms with Crippen LogP contribution in [0.25, 0.3) is 10.8 Å². The second-order valence-electron chi connectivity index (χ2n) is 7.41. The Balaban J connectivity index is 1.76. The van der Waals surface area contributed by atoms with Crippen molar-refractivity contribution in [1.82, 2.24) is 9.62 Å². The van der Waals surface area contributed by atoms with Crippen molar-refractivity contribution in [3.05, 3.63) is 42.5 Å². The number of benzene rings is 2. The molecule has 0 bridgehead atoms. The quantitative estimate of drug-likeness (QED) is 0.823. The van der Waals surface area contributed by atoms with E-state index < -0.39 is 10.0 Å². The molecule has 1 aliphatic heterocycles. The van der Waals surface area contributed by atoms with Crippen LogP contribution in [0.3, 0.4) is 0 Å². The van der Waals surface area contributed by atoms with Crippen molar-refractivity contribution in [2.24, 2.45) is 5.92 Å². The fourth-order valence-electron chi connectivity index (χ4n) is 3.72. The molecule has 2 aromatic rings. The van der Waals surface area contributed by atoms with E-state index in [2.05, 4.69) is 12.2 Å². The molecule has 1 heterocycles. The summed E-state index contributed by atoms with van der Waals surface area (Å²) in [5.74, 6) is -0.317. The van der Waals surface area contributed by atoms with Crippen molar-refractivity contribution in [3.63, 3.8) is 0 Å². The van der Waals surface area contributed by atoms with Crippen LogP contribution in [0.4, 0.5) is 0 Å². The molecule has 5 nitrogen and oxygen atoms in total. The average molecular weight is 389 g/mol. The topological polar surface area (TPSA) is 66.5 Å². The molecule has 27 heavy (non-hydrogen) atoms. The summed E-state index contributed by atoms with van der Waals surface area (Å²) < 4.78 is 27.7. The number of nitrogens with zero attached hydrogens (tertiary/aromatic N) is 1. The van der Waals surface area contributed by atoms with E-state index in [1.54, 1.807) is 12.1 Å². The Morgan fingerprint density at radius 3 is 2.70 bits per heavy atom. The van der Waals surface area contributed by atoms with Crippen LogP contribution in [0.1, 0.15) is 39.5 Å². The molecule has 0 saturated carbocycles. The van der Waals surface area contributed by atoms with Crippen molar-refractivity contribution in [2.45, 2.75) is 50.5 Å². The van der Waals surface area contributed by atoms with Gasteiger partial charge in [-0.25, -0.2) is 8.42 Å². The van der Waals surface area contributed by atoms with Gasteiger partial charge >= 0.3 is 0 Å². The van der Waals surface area contributed by atoms with Crippen LogP contribution in [-0.2, 0) is 14.8 Å². The Kier molecular flexibility index (Phi) is 6.17. The molecule has 2 aromatic carbocycles. The van der Waals surface area contributed by atoms with Gasteiger partial charge in [0.05, 0.1) is 10.8 Å². The van der Waals surface area contributed by atoms with E-state index in [0.29, 0.717) is 17.9 Å². The number of sulfonamides is 1. The first-order valence-corrected chi connectivity index (χ1v) is 11.1. The van der Waals surface area contributed by atoms with Crippen LogP contribution in [0.5, 0.6) is 0 Å². The highest BCUT2D eigenvalue weighted by Crippen LogP contribution is 2.26. The molecular formula is C21H28N2O3S. The summed E-state index contributed by atoms with van der Waals surface area (Å²) in [5.41, 5.74) is 0. The number of nitrogens with one attached hydrogen (secondary N) is 1.